The van der Waals surface area contributed by atoms with E-state index < -0.39 is 0 Å². The number of aromatic nitrogens is 1. The summed E-state index contributed by atoms with van der Waals surface area (Å²) in [6, 6.07) is 4.02. The number of hydrogen-bond donors (Lipinski definition) is 0. The number of fused-ring (bicyclic) bond motifs is 1. The minimum atomic E-state index is -0.267. The van der Waals surface area contributed by atoms with Crippen molar-refractivity contribution in [2.75, 3.05) is 6.61 Å². The number of carbonyl (C=O) groups excluding carboxylic acids is 1. The maximum absolute atomic E-state index is 12.2. The van der Waals surface area contributed by atoms with Gasteiger partial charge in [-0.1, -0.05) is 6.07 Å². The molecule has 0 saturated heterocycles. The highest BCUT2D eigenvalue weighted by Gasteiger charge is 2.28. The summed E-state index contributed by atoms with van der Waals surface area (Å²) < 4.78 is 5.58. The lowest BCUT2D eigenvalue weighted by molar-refractivity contribution is -0.130. The van der Waals surface area contributed by atoms with E-state index in [0.29, 0.717) is 0 Å². The number of ketones is 1. The van der Waals surface area contributed by atoms with Crippen LogP contribution in [-0.2, 0) is 16.0 Å². The maximum atomic E-state index is 12.2. The molecule has 0 N–H and O–H groups in total. The summed E-state index contributed by atoms with van der Waals surface area (Å²) in [5, 5.41) is 0. The molecule has 0 aromatic carbocycles. The van der Waals surface area contributed by atoms with Gasteiger partial charge in [0.25, 0.3) is 0 Å². The summed E-state index contributed by atoms with van der Waals surface area (Å²) in [6.07, 6.45) is 4.77. The average Bonchev–Trinajstić information content (AvgIpc) is 2.34. The van der Waals surface area contributed by atoms with E-state index in [1.54, 1.807) is 6.20 Å². The van der Waals surface area contributed by atoms with Gasteiger partial charge in [-0.05, 0) is 51.7 Å². The molecule has 2 rings (SSSR count). The lowest BCUT2D eigenvalue weighted by atomic mass is 9.84. The number of nitrogens with zero attached hydrogens (tertiary/aromatic N) is 1. The highest BCUT2D eigenvalue weighted by atomic mass is 16.5. The Bertz CT molecular complexity index is 434. The van der Waals surface area contributed by atoms with Crippen LogP contribution in [0, 0.1) is 0 Å². The number of aryl methyl sites for hydroxylation is 1. The number of pyridine rings is 1. The molecular weight excluding hydrogens is 226 g/mol. The van der Waals surface area contributed by atoms with E-state index in [4.69, 9.17) is 4.74 Å². The second-order valence-electron chi connectivity index (χ2n) is 5.86. The fourth-order valence-electron chi connectivity index (χ4n) is 2.31. The molecule has 1 aliphatic rings. The second kappa shape index (κ2) is 5.19. The molecule has 0 saturated carbocycles. The van der Waals surface area contributed by atoms with E-state index >= 15 is 0 Å². The molecular formula is C15H21NO2. The zero-order valence-corrected chi connectivity index (χ0v) is 11.4. The summed E-state index contributed by atoms with van der Waals surface area (Å²) in [7, 11) is 0. The van der Waals surface area contributed by atoms with Crippen molar-refractivity contribution in [3.05, 3.63) is 29.6 Å². The topological polar surface area (TPSA) is 39.2 Å². The summed E-state index contributed by atoms with van der Waals surface area (Å²) >= 11 is 0. The predicted molar refractivity (Wildman–Crippen MR) is 70.6 cm³/mol. The molecule has 3 heteroatoms. The molecule has 1 aromatic rings. The lowest BCUT2D eigenvalue weighted by Crippen LogP contribution is -2.28. The van der Waals surface area contributed by atoms with Crippen LogP contribution in [0.1, 0.15) is 50.8 Å². The van der Waals surface area contributed by atoms with Gasteiger partial charge in [0.05, 0.1) is 17.2 Å². The van der Waals surface area contributed by atoms with E-state index in [2.05, 4.69) is 11.1 Å². The molecule has 98 valence electrons. The molecule has 0 spiro atoms. The minimum Gasteiger partial charge on any atom is -0.368 e. The van der Waals surface area contributed by atoms with Gasteiger partial charge < -0.3 is 4.74 Å². The molecule has 0 amide bonds. The van der Waals surface area contributed by atoms with Crippen LogP contribution >= 0.6 is 0 Å². The Morgan fingerprint density at radius 1 is 1.50 bits per heavy atom. The van der Waals surface area contributed by atoms with Crippen molar-refractivity contribution in [1.82, 2.24) is 4.98 Å². The third-order valence-corrected chi connectivity index (χ3v) is 3.23. The first-order chi connectivity index (χ1) is 8.47. The SMILES string of the molecule is CC(C)(C)OCC(=O)C1CCCc2cccnc21. The largest absolute Gasteiger partial charge is 0.368 e. The van der Waals surface area contributed by atoms with Gasteiger partial charge in [-0.15, -0.1) is 0 Å². The average molecular weight is 247 g/mol. The summed E-state index contributed by atoms with van der Waals surface area (Å²) in [6.45, 7) is 6.08. The standard InChI is InChI=1S/C15H21NO2/c1-15(2,3)18-10-13(17)12-8-4-6-11-7-5-9-16-14(11)12/h5,7,9,12H,4,6,8,10H2,1-3H3. The van der Waals surface area contributed by atoms with E-state index in [-0.39, 0.29) is 23.9 Å². The minimum absolute atomic E-state index is 0.0719. The molecule has 0 aliphatic heterocycles. The number of hydrogen-bond acceptors (Lipinski definition) is 3. The van der Waals surface area contributed by atoms with Crippen molar-refractivity contribution in [3.63, 3.8) is 0 Å². The van der Waals surface area contributed by atoms with Crippen LogP contribution in [0.3, 0.4) is 0 Å². The Hall–Kier alpha value is -1.22. The van der Waals surface area contributed by atoms with Gasteiger partial charge >= 0.3 is 0 Å². The predicted octanol–water partition coefficient (Wildman–Crippen LogP) is 2.89. The molecule has 1 aliphatic carbocycles. The molecule has 1 unspecified atom stereocenters. The van der Waals surface area contributed by atoms with Crippen molar-refractivity contribution < 1.29 is 9.53 Å². The normalized spacial score (nSPS) is 19.4. The molecule has 18 heavy (non-hydrogen) atoms. The van der Waals surface area contributed by atoms with Crippen molar-refractivity contribution in [2.24, 2.45) is 0 Å². The van der Waals surface area contributed by atoms with Crippen molar-refractivity contribution >= 4 is 5.78 Å². The highest BCUT2D eigenvalue weighted by molar-refractivity contribution is 5.87. The monoisotopic (exact) mass is 247 g/mol. The van der Waals surface area contributed by atoms with Gasteiger partial charge in [0.2, 0.25) is 0 Å². The Balaban J connectivity index is 2.08. The molecule has 1 atom stereocenters. The van der Waals surface area contributed by atoms with E-state index in [0.717, 1.165) is 25.0 Å². The van der Waals surface area contributed by atoms with Gasteiger partial charge in [-0.3, -0.25) is 9.78 Å². The Morgan fingerprint density at radius 3 is 3.00 bits per heavy atom. The van der Waals surface area contributed by atoms with Crippen molar-refractivity contribution in [3.8, 4) is 0 Å². The maximum Gasteiger partial charge on any atom is 0.167 e. The van der Waals surface area contributed by atoms with E-state index in [1.165, 1.54) is 5.56 Å². The van der Waals surface area contributed by atoms with Crippen molar-refractivity contribution in [2.45, 2.75) is 51.6 Å². The van der Waals surface area contributed by atoms with Crippen LogP contribution in [-0.4, -0.2) is 23.0 Å². The molecule has 3 nitrogen and oxygen atoms in total. The smallest absolute Gasteiger partial charge is 0.167 e. The molecule has 0 fully saturated rings. The van der Waals surface area contributed by atoms with E-state index in [1.807, 2.05) is 26.8 Å². The molecule has 1 heterocycles. The molecule has 1 aromatic heterocycles. The zero-order chi connectivity index (χ0) is 13.2. The Labute approximate surface area is 109 Å². The van der Waals surface area contributed by atoms with Gasteiger partial charge in [0.15, 0.2) is 5.78 Å². The lowest BCUT2D eigenvalue weighted by Gasteiger charge is -2.25. The first kappa shape index (κ1) is 13.2. The fourth-order valence-corrected chi connectivity index (χ4v) is 2.31. The Morgan fingerprint density at radius 2 is 2.28 bits per heavy atom. The third kappa shape index (κ3) is 3.16. The second-order valence-corrected chi connectivity index (χ2v) is 5.86. The number of rotatable bonds is 3. The van der Waals surface area contributed by atoms with Crippen LogP contribution < -0.4 is 0 Å². The van der Waals surface area contributed by atoms with Crippen LogP contribution in [0.2, 0.25) is 0 Å². The third-order valence-electron chi connectivity index (χ3n) is 3.23. The van der Waals surface area contributed by atoms with Crippen LogP contribution in [0.25, 0.3) is 0 Å². The van der Waals surface area contributed by atoms with E-state index in [9.17, 15) is 4.79 Å². The van der Waals surface area contributed by atoms with Crippen LogP contribution in [0.15, 0.2) is 18.3 Å². The number of Topliss-reactive ketones (excluding diaryl/α,β-unsaturated/α-hetero) is 1. The van der Waals surface area contributed by atoms with Crippen molar-refractivity contribution in [1.29, 1.82) is 0 Å². The summed E-state index contributed by atoms with van der Waals surface area (Å²) in [5.41, 5.74) is 1.92. The summed E-state index contributed by atoms with van der Waals surface area (Å²) in [4.78, 5) is 16.6. The van der Waals surface area contributed by atoms with Crippen LogP contribution in [0.4, 0.5) is 0 Å². The quantitative estimate of drug-likeness (QED) is 0.824. The Kier molecular flexibility index (Phi) is 3.81. The molecule has 0 radical (unpaired) electrons. The first-order valence-corrected chi connectivity index (χ1v) is 6.58. The zero-order valence-electron chi connectivity index (χ0n) is 11.4. The number of ether oxygens (including phenoxy) is 1. The van der Waals surface area contributed by atoms with Gasteiger partial charge in [0.1, 0.15) is 6.61 Å². The first-order valence-electron chi connectivity index (χ1n) is 6.58. The molecule has 0 bridgehead atoms. The summed E-state index contributed by atoms with van der Waals surface area (Å²) in [5.74, 6) is 0.0851. The highest BCUT2D eigenvalue weighted by Crippen LogP contribution is 2.30. The number of carbonyl (C=O) groups is 1. The van der Waals surface area contributed by atoms with Gasteiger partial charge in [0, 0.05) is 6.20 Å². The fraction of sp³-hybridized carbons (Fsp3) is 0.600. The van der Waals surface area contributed by atoms with Gasteiger partial charge in [-0.25, -0.2) is 0 Å². The van der Waals surface area contributed by atoms with Gasteiger partial charge in [-0.2, -0.15) is 0 Å². The van der Waals surface area contributed by atoms with Crippen LogP contribution in [0.5, 0.6) is 0 Å².